The Morgan fingerprint density at radius 1 is 1.43 bits per heavy atom. The van der Waals surface area contributed by atoms with Gasteiger partial charge in [-0.05, 0) is 18.1 Å². The summed E-state index contributed by atoms with van der Waals surface area (Å²) in [6, 6.07) is 5.99. The van der Waals surface area contributed by atoms with Crippen LogP contribution in [-0.4, -0.2) is 13.7 Å². The molecule has 1 unspecified atom stereocenters. The summed E-state index contributed by atoms with van der Waals surface area (Å²) in [5, 5.41) is 0. The van der Waals surface area contributed by atoms with Crippen LogP contribution in [0.3, 0.4) is 0 Å². The van der Waals surface area contributed by atoms with Gasteiger partial charge >= 0.3 is 0 Å². The number of methoxy groups -OCH3 is 1. The van der Waals surface area contributed by atoms with Crippen LogP contribution in [0.1, 0.15) is 25.3 Å². The van der Waals surface area contributed by atoms with Gasteiger partial charge in [0.2, 0.25) is 0 Å². The molecule has 1 aromatic carbocycles. The highest BCUT2D eigenvalue weighted by Gasteiger charge is 2.29. The quantitative estimate of drug-likeness (QED) is 0.717. The number of fused-ring (bicyclic) bond motifs is 1. The van der Waals surface area contributed by atoms with Crippen molar-refractivity contribution in [2.24, 2.45) is 5.92 Å². The molecule has 0 fully saturated rings. The van der Waals surface area contributed by atoms with Gasteiger partial charge in [0.15, 0.2) is 0 Å². The van der Waals surface area contributed by atoms with Crippen LogP contribution in [0.5, 0.6) is 11.5 Å². The fourth-order valence-electron chi connectivity index (χ4n) is 1.98. The van der Waals surface area contributed by atoms with Gasteiger partial charge in [-0.15, -0.1) is 0 Å². The number of ether oxygens (including phenoxy) is 2. The van der Waals surface area contributed by atoms with E-state index in [0.717, 1.165) is 18.1 Å². The summed E-state index contributed by atoms with van der Waals surface area (Å²) in [4.78, 5) is 0. The molecule has 1 atom stereocenters. The molecule has 0 saturated heterocycles. The van der Waals surface area contributed by atoms with Crippen molar-refractivity contribution in [2.75, 3.05) is 13.7 Å². The van der Waals surface area contributed by atoms with E-state index in [1.54, 1.807) is 7.11 Å². The van der Waals surface area contributed by atoms with Crippen LogP contribution in [0.4, 0.5) is 0 Å². The minimum atomic E-state index is 0.473. The molecule has 1 aromatic rings. The van der Waals surface area contributed by atoms with E-state index in [1.165, 1.54) is 5.56 Å². The highest BCUT2D eigenvalue weighted by atomic mass is 16.5. The molecule has 2 rings (SSSR count). The van der Waals surface area contributed by atoms with E-state index in [0.29, 0.717) is 11.8 Å². The first-order valence-electron chi connectivity index (χ1n) is 5.03. The average Bonchev–Trinajstić information content (AvgIpc) is 2.60. The first-order valence-corrected chi connectivity index (χ1v) is 5.03. The molecule has 0 saturated carbocycles. The molecule has 1 aliphatic rings. The number of benzene rings is 1. The zero-order valence-corrected chi connectivity index (χ0v) is 8.91. The molecular weight excluding hydrogens is 176 g/mol. The molecule has 1 aliphatic heterocycles. The molecule has 14 heavy (non-hydrogen) atoms. The highest BCUT2D eigenvalue weighted by Crippen LogP contribution is 2.43. The van der Waals surface area contributed by atoms with E-state index >= 15 is 0 Å². The summed E-state index contributed by atoms with van der Waals surface area (Å²) >= 11 is 0. The maximum atomic E-state index is 5.63. The van der Waals surface area contributed by atoms with Crippen LogP contribution >= 0.6 is 0 Å². The first-order chi connectivity index (χ1) is 6.74. The molecule has 0 spiro atoms. The Labute approximate surface area is 84.8 Å². The molecule has 1 heterocycles. The maximum Gasteiger partial charge on any atom is 0.126 e. The van der Waals surface area contributed by atoms with Crippen LogP contribution in [0.15, 0.2) is 18.2 Å². The second-order valence-corrected chi connectivity index (χ2v) is 4.03. The third-order valence-corrected chi connectivity index (χ3v) is 2.84. The van der Waals surface area contributed by atoms with Crippen molar-refractivity contribution in [3.63, 3.8) is 0 Å². The van der Waals surface area contributed by atoms with Crippen LogP contribution in [0, 0.1) is 5.92 Å². The normalized spacial score (nSPS) is 19.3. The molecule has 0 radical (unpaired) electrons. The van der Waals surface area contributed by atoms with Crippen molar-refractivity contribution in [3.05, 3.63) is 23.8 Å². The minimum Gasteiger partial charge on any atom is -0.496 e. The van der Waals surface area contributed by atoms with Gasteiger partial charge in [-0.1, -0.05) is 19.9 Å². The molecule has 76 valence electrons. The smallest absolute Gasteiger partial charge is 0.126 e. The largest absolute Gasteiger partial charge is 0.496 e. The average molecular weight is 192 g/mol. The lowest BCUT2D eigenvalue weighted by Gasteiger charge is -2.15. The van der Waals surface area contributed by atoms with E-state index in [9.17, 15) is 0 Å². The highest BCUT2D eigenvalue weighted by molar-refractivity contribution is 5.49. The molecule has 0 amide bonds. The Balaban J connectivity index is 2.45. The van der Waals surface area contributed by atoms with Crippen molar-refractivity contribution >= 4 is 0 Å². The third kappa shape index (κ3) is 1.35. The van der Waals surface area contributed by atoms with Crippen molar-refractivity contribution in [2.45, 2.75) is 19.8 Å². The lowest BCUT2D eigenvalue weighted by molar-refractivity contribution is 0.303. The fourth-order valence-corrected chi connectivity index (χ4v) is 1.98. The van der Waals surface area contributed by atoms with E-state index in [2.05, 4.69) is 13.8 Å². The summed E-state index contributed by atoms with van der Waals surface area (Å²) in [5.41, 5.74) is 1.24. The van der Waals surface area contributed by atoms with Gasteiger partial charge in [0.25, 0.3) is 0 Å². The molecule has 0 bridgehead atoms. The van der Waals surface area contributed by atoms with E-state index in [4.69, 9.17) is 9.47 Å². The van der Waals surface area contributed by atoms with Crippen LogP contribution in [0.25, 0.3) is 0 Å². The summed E-state index contributed by atoms with van der Waals surface area (Å²) < 4.78 is 11.0. The Bertz CT molecular complexity index is 331. The van der Waals surface area contributed by atoms with Gasteiger partial charge in [0.1, 0.15) is 11.5 Å². The lowest BCUT2D eigenvalue weighted by Crippen LogP contribution is -2.08. The standard InChI is InChI=1S/C12H16O2/c1-8(2)9-7-14-11-6-4-5-10(13-3)12(9)11/h4-6,8-9H,7H2,1-3H3. The Morgan fingerprint density at radius 3 is 2.86 bits per heavy atom. The lowest BCUT2D eigenvalue weighted by atomic mass is 9.90. The fraction of sp³-hybridized carbons (Fsp3) is 0.500. The summed E-state index contributed by atoms with van der Waals surface area (Å²) in [5.74, 6) is 3.01. The van der Waals surface area contributed by atoms with Gasteiger partial charge in [0.05, 0.1) is 13.7 Å². The zero-order valence-electron chi connectivity index (χ0n) is 8.91. The summed E-state index contributed by atoms with van der Waals surface area (Å²) in [6.07, 6.45) is 0. The second-order valence-electron chi connectivity index (χ2n) is 4.03. The monoisotopic (exact) mass is 192 g/mol. The Kier molecular flexibility index (Phi) is 2.36. The molecule has 2 heteroatoms. The predicted octanol–water partition coefficient (Wildman–Crippen LogP) is 2.83. The first kappa shape index (κ1) is 9.38. The number of hydrogen-bond donors (Lipinski definition) is 0. The Morgan fingerprint density at radius 2 is 2.21 bits per heavy atom. The van der Waals surface area contributed by atoms with Gasteiger partial charge in [-0.3, -0.25) is 0 Å². The van der Waals surface area contributed by atoms with E-state index in [-0.39, 0.29) is 0 Å². The van der Waals surface area contributed by atoms with Crippen molar-refractivity contribution in [1.29, 1.82) is 0 Å². The molecule has 0 aromatic heterocycles. The van der Waals surface area contributed by atoms with Gasteiger partial charge < -0.3 is 9.47 Å². The van der Waals surface area contributed by atoms with Crippen LogP contribution in [0.2, 0.25) is 0 Å². The van der Waals surface area contributed by atoms with Gasteiger partial charge in [-0.2, -0.15) is 0 Å². The van der Waals surface area contributed by atoms with Crippen LogP contribution < -0.4 is 9.47 Å². The van der Waals surface area contributed by atoms with Crippen LogP contribution in [-0.2, 0) is 0 Å². The van der Waals surface area contributed by atoms with E-state index < -0.39 is 0 Å². The summed E-state index contributed by atoms with van der Waals surface area (Å²) in [6.45, 7) is 5.22. The van der Waals surface area contributed by atoms with Gasteiger partial charge in [-0.25, -0.2) is 0 Å². The van der Waals surface area contributed by atoms with Crippen molar-refractivity contribution < 1.29 is 9.47 Å². The predicted molar refractivity (Wildman–Crippen MR) is 56.1 cm³/mol. The minimum absolute atomic E-state index is 0.473. The zero-order chi connectivity index (χ0) is 10.1. The molecule has 0 aliphatic carbocycles. The molecule has 0 N–H and O–H groups in total. The second kappa shape index (κ2) is 3.52. The maximum absolute atomic E-state index is 5.63. The Hall–Kier alpha value is -1.18. The topological polar surface area (TPSA) is 18.5 Å². The van der Waals surface area contributed by atoms with Crippen molar-refractivity contribution in [3.8, 4) is 11.5 Å². The summed E-state index contributed by atoms with van der Waals surface area (Å²) in [7, 11) is 1.71. The van der Waals surface area contributed by atoms with Gasteiger partial charge in [0, 0.05) is 11.5 Å². The number of rotatable bonds is 2. The molecule has 2 nitrogen and oxygen atoms in total. The SMILES string of the molecule is COc1cccc2c1C(C(C)C)CO2. The number of hydrogen-bond acceptors (Lipinski definition) is 2. The third-order valence-electron chi connectivity index (χ3n) is 2.84. The van der Waals surface area contributed by atoms with E-state index in [1.807, 2.05) is 18.2 Å². The molecular formula is C12H16O2. The van der Waals surface area contributed by atoms with Crippen molar-refractivity contribution in [1.82, 2.24) is 0 Å².